The van der Waals surface area contributed by atoms with Crippen molar-refractivity contribution in [1.82, 2.24) is 4.37 Å². The van der Waals surface area contributed by atoms with Crippen molar-refractivity contribution in [1.29, 1.82) is 0 Å². The first kappa shape index (κ1) is 16.3. The maximum atomic E-state index is 10.3. The Labute approximate surface area is 145 Å². The molecule has 0 unspecified atom stereocenters. The lowest BCUT2D eigenvalue weighted by atomic mass is 10.0. The summed E-state index contributed by atoms with van der Waals surface area (Å²) in [5.41, 5.74) is 3.74. The summed E-state index contributed by atoms with van der Waals surface area (Å²) in [6, 6.07) is 13.4. The number of nitrogens with zero attached hydrogens (tertiary/aromatic N) is 1. The van der Waals surface area contributed by atoms with Gasteiger partial charge in [-0.3, -0.25) is 0 Å². The van der Waals surface area contributed by atoms with Crippen molar-refractivity contribution in [2.24, 2.45) is 0 Å². The fourth-order valence-corrected chi connectivity index (χ4v) is 3.36. The Morgan fingerprint density at radius 3 is 2.42 bits per heavy atom. The molecule has 3 rings (SSSR count). The number of ether oxygens (including phenoxy) is 2. The van der Waals surface area contributed by atoms with Crippen LogP contribution in [0.5, 0.6) is 17.2 Å². The fraction of sp³-hybridized carbons (Fsp3) is 0.211. The zero-order chi connectivity index (χ0) is 17.1. The van der Waals surface area contributed by atoms with Gasteiger partial charge in [0.1, 0.15) is 17.2 Å². The smallest absolute Gasteiger partial charge is 0.127 e. The molecule has 0 saturated carbocycles. The molecule has 124 valence electrons. The normalized spacial score (nSPS) is 10.6. The predicted molar refractivity (Wildman–Crippen MR) is 97.1 cm³/mol. The minimum atomic E-state index is 0.203. The molecular weight excluding hydrogens is 322 g/mol. The molecule has 3 aromatic rings. The van der Waals surface area contributed by atoms with Crippen LogP contribution in [0, 0.1) is 0 Å². The van der Waals surface area contributed by atoms with Gasteiger partial charge in [-0.2, -0.15) is 4.37 Å². The Balaban J connectivity index is 1.98. The number of aromatic hydroxyl groups is 1. The molecule has 0 aliphatic rings. The van der Waals surface area contributed by atoms with E-state index in [0.717, 1.165) is 39.4 Å². The van der Waals surface area contributed by atoms with Crippen LogP contribution in [-0.2, 0) is 6.42 Å². The largest absolute Gasteiger partial charge is 0.507 e. The van der Waals surface area contributed by atoms with Crippen molar-refractivity contribution < 1.29 is 14.6 Å². The number of aromatic nitrogens is 1. The van der Waals surface area contributed by atoms with Gasteiger partial charge >= 0.3 is 0 Å². The summed E-state index contributed by atoms with van der Waals surface area (Å²) in [5, 5.41) is 10.3. The van der Waals surface area contributed by atoms with Gasteiger partial charge in [0.05, 0.1) is 24.8 Å². The van der Waals surface area contributed by atoms with Gasteiger partial charge in [-0.25, -0.2) is 0 Å². The van der Waals surface area contributed by atoms with Crippen molar-refractivity contribution >= 4 is 11.5 Å². The third kappa shape index (κ3) is 3.08. The van der Waals surface area contributed by atoms with Crippen LogP contribution in [0.1, 0.15) is 12.5 Å². The SMILES string of the molecule is CCc1cc(-c2cc(-c3ccc(OC)cc3)ns2)c(O)cc1OC. The highest BCUT2D eigenvalue weighted by atomic mass is 32.1. The summed E-state index contributed by atoms with van der Waals surface area (Å²) < 4.78 is 15.0. The van der Waals surface area contributed by atoms with Gasteiger partial charge in [0.25, 0.3) is 0 Å². The van der Waals surface area contributed by atoms with E-state index in [2.05, 4.69) is 11.3 Å². The van der Waals surface area contributed by atoms with E-state index in [0.29, 0.717) is 5.75 Å². The molecule has 2 aromatic carbocycles. The maximum Gasteiger partial charge on any atom is 0.127 e. The summed E-state index contributed by atoms with van der Waals surface area (Å²) >= 11 is 1.37. The monoisotopic (exact) mass is 341 g/mol. The van der Waals surface area contributed by atoms with Crippen LogP contribution in [0.4, 0.5) is 0 Å². The quantitative estimate of drug-likeness (QED) is 0.727. The Kier molecular flexibility index (Phi) is 4.71. The zero-order valence-corrected chi connectivity index (χ0v) is 14.7. The Hall–Kier alpha value is -2.53. The molecule has 5 heteroatoms. The number of rotatable bonds is 5. The topological polar surface area (TPSA) is 51.6 Å². The van der Waals surface area contributed by atoms with Gasteiger partial charge in [0.15, 0.2) is 0 Å². The summed E-state index contributed by atoms with van der Waals surface area (Å²) in [6.07, 6.45) is 0.834. The highest BCUT2D eigenvalue weighted by molar-refractivity contribution is 7.09. The number of hydrogen-bond donors (Lipinski definition) is 1. The number of benzene rings is 2. The van der Waals surface area contributed by atoms with E-state index in [4.69, 9.17) is 9.47 Å². The van der Waals surface area contributed by atoms with Crippen LogP contribution in [0.3, 0.4) is 0 Å². The number of aryl methyl sites for hydroxylation is 1. The van der Waals surface area contributed by atoms with Crippen molar-refractivity contribution in [3.63, 3.8) is 0 Å². The lowest BCUT2D eigenvalue weighted by Crippen LogP contribution is -1.91. The molecule has 0 saturated heterocycles. The highest BCUT2D eigenvalue weighted by Gasteiger charge is 2.14. The van der Waals surface area contributed by atoms with Gasteiger partial charge in [0, 0.05) is 17.2 Å². The molecule has 0 fully saturated rings. The Morgan fingerprint density at radius 2 is 1.79 bits per heavy atom. The maximum absolute atomic E-state index is 10.3. The van der Waals surface area contributed by atoms with E-state index in [9.17, 15) is 5.11 Å². The van der Waals surface area contributed by atoms with Crippen LogP contribution in [0.25, 0.3) is 21.7 Å². The standard InChI is InChI=1S/C19H19NO3S/c1-4-12-9-15(17(21)11-18(12)23-3)19-10-16(20-24-19)13-5-7-14(22-2)8-6-13/h5-11,21H,4H2,1-3H3. The molecule has 0 atom stereocenters. The minimum absolute atomic E-state index is 0.203. The first-order chi connectivity index (χ1) is 11.7. The number of hydrogen-bond acceptors (Lipinski definition) is 5. The first-order valence-corrected chi connectivity index (χ1v) is 8.45. The van der Waals surface area contributed by atoms with Crippen LogP contribution < -0.4 is 9.47 Å². The van der Waals surface area contributed by atoms with Gasteiger partial charge in [0.2, 0.25) is 0 Å². The second-order valence-electron chi connectivity index (χ2n) is 5.34. The molecular formula is C19H19NO3S. The third-order valence-corrected chi connectivity index (χ3v) is 4.76. The van der Waals surface area contributed by atoms with Crippen LogP contribution >= 0.6 is 11.5 Å². The van der Waals surface area contributed by atoms with E-state index >= 15 is 0 Å². The molecule has 24 heavy (non-hydrogen) atoms. The summed E-state index contributed by atoms with van der Waals surface area (Å²) in [4.78, 5) is 0.927. The third-order valence-electron chi connectivity index (χ3n) is 3.94. The predicted octanol–water partition coefficient (Wildman–Crippen LogP) is 4.76. The van der Waals surface area contributed by atoms with Gasteiger partial charge in [-0.05, 0) is 59.9 Å². The molecule has 0 bridgehead atoms. The lowest BCUT2D eigenvalue weighted by Gasteiger charge is -2.10. The van der Waals surface area contributed by atoms with E-state index in [1.807, 2.05) is 36.4 Å². The van der Waals surface area contributed by atoms with E-state index in [-0.39, 0.29) is 5.75 Å². The molecule has 0 amide bonds. The molecule has 0 aliphatic heterocycles. The van der Waals surface area contributed by atoms with Gasteiger partial charge < -0.3 is 14.6 Å². The van der Waals surface area contributed by atoms with Gasteiger partial charge in [-0.15, -0.1) is 0 Å². The molecule has 1 N–H and O–H groups in total. The average Bonchev–Trinajstić information content (AvgIpc) is 3.11. The van der Waals surface area contributed by atoms with Gasteiger partial charge in [-0.1, -0.05) is 6.92 Å². The molecule has 0 spiro atoms. The average molecular weight is 341 g/mol. The van der Waals surface area contributed by atoms with Crippen LogP contribution in [0.2, 0.25) is 0 Å². The van der Waals surface area contributed by atoms with Crippen molar-refractivity contribution in [3.05, 3.63) is 48.0 Å². The summed E-state index contributed by atoms with van der Waals surface area (Å²) in [7, 11) is 3.26. The second kappa shape index (κ2) is 6.93. The number of methoxy groups -OCH3 is 2. The highest BCUT2D eigenvalue weighted by Crippen LogP contribution is 2.39. The zero-order valence-electron chi connectivity index (χ0n) is 13.9. The van der Waals surface area contributed by atoms with Crippen molar-refractivity contribution in [2.45, 2.75) is 13.3 Å². The Morgan fingerprint density at radius 1 is 1.04 bits per heavy atom. The van der Waals surface area contributed by atoms with Crippen molar-refractivity contribution in [2.75, 3.05) is 14.2 Å². The molecule has 1 aromatic heterocycles. The molecule has 0 radical (unpaired) electrons. The molecule has 1 heterocycles. The number of phenolic OH excluding ortho intramolecular Hbond substituents is 1. The molecule has 4 nitrogen and oxygen atoms in total. The molecule has 0 aliphatic carbocycles. The van der Waals surface area contributed by atoms with E-state index in [1.54, 1.807) is 20.3 Å². The first-order valence-electron chi connectivity index (χ1n) is 7.67. The van der Waals surface area contributed by atoms with E-state index in [1.165, 1.54) is 11.5 Å². The summed E-state index contributed by atoms with van der Waals surface area (Å²) in [6.45, 7) is 2.06. The second-order valence-corrected chi connectivity index (χ2v) is 6.14. The lowest BCUT2D eigenvalue weighted by molar-refractivity contribution is 0.403. The number of phenols is 1. The minimum Gasteiger partial charge on any atom is -0.507 e. The van der Waals surface area contributed by atoms with Crippen LogP contribution in [-0.4, -0.2) is 23.7 Å². The van der Waals surface area contributed by atoms with Crippen LogP contribution in [0.15, 0.2) is 42.5 Å². The van der Waals surface area contributed by atoms with E-state index < -0.39 is 0 Å². The van der Waals surface area contributed by atoms with Crippen molar-refractivity contribution in [3.8, 4) is 38.9 Å². The fourth-order valence-electron chi connectivity index (χ4n) is 2.58. The Bertz CT molecular complexity index is 840. The summed E-state index contributed by atoms with van der Waals surface area (Å²) in [5.74, 6) is 1.72.